The summed E-state index contributed by atoms with van der Waals surface area (Å²) >= 11 is 5.26. The summed E-state index contributed by atoms with van der Waals surface area (Å²) in [4.78, 5) is 19.4. The normalized spacial score (nSPS) is 11.0. The highest BCUT2D eigenvalue weighted by atomic mass is 32.1. The number of aromatic hydroxyl groups is 1. The molecule has 2 N–H and O–H groups in total. The van der Waals surface area contributed by atoms with Gasteiger partial charge in [0.25, 0.3) is 5.56 Å². The molecule has 3 aromatic carbocycles. The van der Waals surface area contributed by atoms with Crippen molar-refractivity contribution in [2.45, 2.75) is 13.8 Å². The van der Waals surface area contributed by atoms with E-state index in [0.29, 0.717) is 29.5 Å². The third kappa shape index (κ3) is 5.24. The molecule has 8 heteroatoms. The van der Waals surface area contributed by atoms with Crippen molar-refractivity contribution in [2.24, 2.45) is 4.99 Å². The summed E-state index contributed by atoms with van der Waals surface area (Å²) in [6.45, 7) is 4.46. The van der Waals surface area contributed by atoms with E-state index in [1.807, 2.05) is 38.1 Å². The van der Waals surface area contributed by atoms with E-state index in [-0.39, 0.29) is 16.2 Å². The van der Waals surface area contributed by atoms with E-state index >= 15 is 0 Å². The van der Waals surface area contributed by atoms with Crippen molar-refractivity contribution in [3.63, 3.8) is 0 Å². The van der Waals surface area contributed by atoms with E-state index in [2.05, 4.69) is 9.98 Å². The van der Waals surface area contributed by atoms with Crippen LogP contribution in [0.4, 0.5) is 5.69 Å². The third-order valence-corrected chi connectivity index (χ3v) is 5.25. The molecule has 0 aliphatic heterocycles. The van der Waals surface area contributed by atoms with Crippen LogP contribution in [-0.4, -0.2) is 27.5 Å². The van der Waals surface area contributed by atoms with Crippen molar-refractivity contribution in [1.29, 1.82) is 0 Å². The molecule has 0 bridgehead atoms. The zero-order chi connectivity index (χ0) is 24.1. The molecule has 4 aromatic rings. The van der Waals surface area contributed by atoms with Gasteiger partial charge in [-0.1, -0.05) is 17.7 Å². The standard InChI is InChI=1S/C26H23N3O4S/c1-3-32-20-14-8-19(9-15-20)29-25(31)23(24(30)28-26(29)34)16-27-18-6-12-22(13-7-18)33-21-10-4-17(2)5-11-21/h4-16,31H,3H2,1-2H3,(H,28,30,34). The van der Waals surface area contributed by atoms with Crippen LogP contribution in [0.5, 0.6) is 23.1 Å². The maximum absolute atomic E-state index is 12.5. The first-order chi connectivity index (χ1) is 16.4. The van der Waals surface area contributed by atoms with Crippen molar-refractivity contribution in [2.75, 3.05) is 6.61 Å². The maximum Gasteiger partial charge on any atom is 0.264 e. The molecule has 1 heterocycles. The fourth-order valence-electron chi connectivity index (χ4n) is 3.23. The number of aromatic nitrogens is 2. The van der Waals surface area contributed by atoms with Gasteiger partial charge in [0.05, 0.1) is 18.0 Å². The number of hydrogen-bond acceptors (Lipinski definition) is 6. The molecule has 1 aromatic heterocycles. The molecule has 172 valence electrons. The van der Waals surface area contributed by atoms with Gasteiger partial charge in [-0.2, -0.15) is 0 Å². The Morgan fingerprint density at radius 3 is 2.18 bits per heavy atom. The monoisotopic (exact) mass is 473 g/mol. The molecule has 0 aliphatic rings. The predicted molar refractivity (Wildman–Crippen MR) is 135 cm³/mol. The topological polar surface area (TPSA) is 88.8 Å². The Morgan fingerprint density at radius 1 is 0.971 bits per heavy atom. The molecule has 0 aliphatic carbocycles. The average molecular weight is 474 g/mol. The van der Waals surface area contributed by atoms with Crippen LogP contribution in [-0.2, 0) is 0 Å². The van der Waals surface area contributed by atoms with Gasteiger partial charge in [-0.05, 0) is 86.7 Å². The second-order valence-corrected chi connectivity index (χ2v) is 7.81. The lowest BCUT2D eigenvalue weighted by Crippen LogP contribution is -2.18. The highest BCUT2D eigenvalue weighted by molar-refractivity contribution is 7.71. The molecule has 0 atom stereocenters. The van der Waals surface area contributed by atoms with Crippen LogP contribution in [0.25, 0.3) is 5.69 Å². The molecule has 0 radical (unpaired) electrons. The minimum absolute atomic E-state index is 0.0116. The first-order valence-electron chi connectivity index (χ1n) is 10.6. The van der Waals surface area contributed by atoms with E-state index in [4.69, 9.17) is 21.7 Å². The van der Waals surface area contributed by atoms with Gasteiger partial charge in [0.2, 0.25) is 5.88 Å². The first kappa shape index (κ1) is 23.0. The van der Waals surface area contributed by atoms with Crippen molar-refractivity contribution in [1.82, 2.24) is 9.55 Å². The Morgan fingerprint density at radius 2 is 1.56 bits per heavy atom. The minimum atomic E-state index is -0.534. The van der Waals surface area contributed by atoms with Crippen molar-refractivity contribution < 1.29 is 14.6 Å². The molecular formula is C26H23N3O4S. The van der Waals surface area contributed by atoms with Gasteiger partial charge in [-0.3, -0.25) is 19.3 Å². The summed E-state index contributed by atoms with van der Waals surface area (Å²) in [5, 5.41) is 10.8. The summed E-state index contributed by atoms with van der Waals surface area (Å²) in [6.07, 6.45) is 1.31. The summed E-state index contributed by atoms with van der Waals surface area (Å²) in [5.41, 5.74) is 1.78. The predicted octanol–water partition coefficient (Wildman–Crippen LogP) is 5.85. The van der Waals surface area contributed by atoms with Crippen LogP contribution in [0.3, 0.4) is 0 Å². The van der Waals surface area contributed by atoms with Gasteiger partial charge < -0.3 is 14.6 Å². The number of aromatic amines is 1. The fraction of sp³-hybridized carbons (Fsp3) is 0.115. The van der Waals surface area contributed by atoms with Crippen LogP contribution in [0.1, 0.15) is 18.1 Å². The molecule has 0 unspecified atom stereocenters. The van der Waals surface area contributed by atoms with Crippen LogP contribution in [0.2, 0.25) is 0 Å². The maximum atomic E-state index is 12.5. The van der Waals surface area contributed by atoms with E-state index in [1.165, 1.54) is 10.8 Å². The number of H-pyrrole nitrogens is 1. The highest BCUT2D eigenvalue weighted by Crippen LogP contribution is 2.25. The summed E-state index contributed by atoms with van der Waals surface area (Å²) < 4.78 is 12.7. The van der Waals surface area contributed by atoms with Crippen LogP contribution in [0, 0.1) is 11.7 Å². The quantitative estimate of drug-likeness (QED) is 0.260. The molecule has 0 saturated carbocycles. The van der Waals surface area contributed by atoms with Gasteiger partial charge in [0.15, 0.2) is 4.77 Å². The number of aliphatic imine (C=N–C) groups is 1. The van der Waals surface area contributed by atoms with Gasteiger partial charge >= 0.3 is 0 Å². The largest absolute Gasteiger partial charge is 0.494 e. The number of nitrogens with one attached hydrogen (secondary N) is 1. The van der Waals surface area contributed by atoms with E-state index in [0.717, 1.165) is 11.3 Å². The molecule has 0 spiro atoms. The summed E-state index contributed by atoms with van der Waals surface area (Å²) in [5.74, 6) is 1.78. The van der Waals surface area contributed by atoms with Crippen LogP contribution in [0.15, 0.2) is 82.6 Å². The zero-order valence-electron chi connectivity index (χ0n) is 18.7. The number of rotatable bonds is 7. The molecule has 0 saturated heterocycles. The lowest BCUT2D eigenvalue weighted by atomic mass is 10.2. The number of hydrogen-bond donors (Lipinski definition) is 2. The highest BCUT2D eigenvalue weighted by Gasteiger charge is 2.13. The third-order valence-electron chi connectivity index (χ3n) is 4.96. The van der Waals surface area contributed by atoms with E-state index in [9.17, 15) is 9.90 Å². The zero-order valence-corrected chi connectivity index (χ0v) is 19.5. The van der Waals surface area contributed by atoms with Gasteiger partial charge in [0, 0.05) is 6.21 Å². The smallest absolute Gasteiger partial charge is 0.264 e. The minimum Gasteiger partial charge on any atom is -0.494 e. The van der Waals surface area contributed by atoms with E-state index < -0.39 is 5.56 Å². The fourth-order valence-corrected chi connectivity index (χ4v) is 3.52. The Labute approximate surface area is 201 Å². The average Bonchev–Trinajstić information content (AvgIpc) is 2.82. The lowest BCUT2D eigenvalue weighted by molar-refractivity contribution is 0.340. The van der Waals surface area contributed by atoms with Gasteiger partial charge in [0.1, 0.15) is 22.8 Å². The molecule has 0 amide bonds. The van der Waals surface area contributed by atoms with Gasteiger partial charge in [-0.15, -0.1) is 0 Å². The summed E-state index contributed by atoms with van der Waals surface area (Å²) in [6, 6.07) is 21.8. The lowest BCUT2D eigenvalue weighted by Gasteiger charge is -2.12. The molecular weight excluding hydrogens is 450 g/mol. The van der Waals surface area contributed by atoms with Crippen molar-refractivity contribution >= 4 is 24.1 Å². The number of nitrogens with zero attached hydrogens (tertiary/aromatic N) is 2. The van der Waals surface area contributed by atoms with E-state index in [1.54, 1.807) is 48.5 Å². The number of aryl methyl sites for hydroxylation is 1. The molecule has 7 nitrogen and oxygen atoms in total. The second-order valence-electron chi connectivity index (χ2n) is 7.43. The van der Waals surface area contributed by atoms with Crippen LogP contribution >= 0.6 is 12.2 Å². The summed E-state index contributed by atoms with van der Waals surface area (Å²) in [7, 11) is 0. The van der Waals surface area contributed by atoms with Gasteiger partial charge in [-0.25, -0.2) is 0 Å². The Hall–Kier alpha value is -4.17. The SMILES string of the molecule is CCOc1ccc(-n2c(O)c(C=Nc3ccc(Oc4ccc(C)cc4)cc3)c(=O)[nH]c2=S)cc1. The molecule has 4 rings (SSSR count). The molecule has 0 fully saturated rings. The van der Waals surface area contributed by atoms with Crippen molar-refractivity contribution in [3.8, 4) is 28.8 Å². The Kier molecular flexibility index (Phi) is 6.89. The Balaban J connectivity index is 1.58. The number of ether oxygens (including phenoxy) is 2. The first-order valence-corrected chi connectivity index (χ1v) is 11.1. The van der Waals surface area contributed by atoms with Crippen molar-refractivity contribution in [3.05, 3.63) is 99.0 Å². The number of benzene rings is 3. The Bertz CT molecular complexity index is 1420. The second kappa shape index (κ2) is 10.2. The van der Waals surface area contributed by atoms with Crippen LogP contribution < -0.4 is 15.0 Å². The molecule has 34 heavy (non-hydrogen) atoms.